The predicted octanol–water partition coefficient (Wildman–Crippen LogP) is 2.50. The molecule has 2 aliphatic heterocycles. The standard InChI is InChI=1S/C16H24N2O2/c1-13-12-15(6-9-20-13)17-14-2-4-16(5-3-14)18-7-10-19-11-8-18/h2-5,13,15,17H,6-12H2,1H3. The van der Waals surface area contributed by atoms with Crippen LogP contribution in [0.1, 0.15) is 19.8 Å². The lowest BCUT2D eigenvalue weighted by atomic mass is 10.0. The van der Waals surface area contributed by atoms with E-state index in [0.717, 1.165) is 45.8 Å². The second-order valence-corrected chi connectivity index (χ2v) is 5.69. The SMILES string of the molecule is CC1CC(Nc2ccc(N3CCOCC3)cc2)CCO1. The van der Waals surface area contributed by atoms with Gasteiger partial charge in [0.1, 0.15) is 0 Å². The van der Waals surface area contributed by atoms with Crippen LogP contribution < -0.4 is 10.2 Å². The molecule has 0 spiro atoms. The Labute approximate surface area is 121 Å². The second-order valence-electron chi connectivity index (χ2n) is 5.69. The van der Waals surface area contributed by atoms with E-state index in [1.807, 2.05) is 0 Å². The third-order valence-corrected chi connectivity index (χ3v) is 4.10. The van der Waals surface area contributed by atoms with Gasteiger partial charge >= 0.3 is 0 Å². The van der Waals surface area contributed by atoms with E-state index >= 15 is 0 Å². The Morgan fingerprint density at radius 2 is 1.85 bits per heavy atom. The summed E-state index contributed by atoms with van der Waals surface area (Å²) in [5.41, 5.74) is 2.50. The lowest BCUT2D eigenvalue weighted by Gasteiger charge is -2.30. The third-order valence-electron chi connectivity index (χ3n) is 4.10. The van der Waals surface area contributed by atoms with Crippen LogP contribution in [-0.4, -0.2) is 45.1 Å². The van der Waals surface area contributed by atoms with Crippen LogP contribution in [-0.2, 0) is 9.47 Å². The Hall–Kier alpha value is -1.26. The Bertz CT molecular complexity index is 415. The van der Waals surface area contributed by atoms with E-state index in [-0.39, 0.29) is 0 Å². The molecule has 1 aromatic carbocycles. The molecule has 110 valence electrons. The molecule has 0 aliphatic carbocycles. The Kier molecular flexibility index (Phi) is 4.43. The smallest absolute Gasteiger partial charge is 0.0642 e. The summed E-state index contributed by atoms with van der Waals surface area (Å²) in [5.74, 6) is 0. The number of nitrogens with one attached hydrogen (secondary N) is 1. The summed E-state index contributed by atoms with van der Waals surface area (Å²) in [5, 5.41) is 3.62. The zero-order valence-electron chi connectivity index (χ0n) is 12.2. The normalized spacial score (nSPS) is 27.4. The molecule has 1 aromatic rings. The van der Waals surface area contributed by atoms with Crippen LogP contribution in [0.2, 0.25) is 0 Å². The first kappa shape index (κ1) is 13.7. The van der Waals surface area contributed by atoms with E-state index in [9.17, 15) is 0 Å². The van der Waals surface area contributed by atoms with Crippen molar-refractivity contribution in [1.82, 2.24) is 0 Å². The first-order valence-electron chi connectivity index (χ1n) is 7.62. The molecule has 0 bridgehead atoms. The fraction of sp³-hybridized carbons (Fsp3) is 0.625. The summed E-state index contributed by atoms with van der Waals surface area (Å²) in [7, 11) is 0. The number of ether oxygens (including phenoxy) is 2. The van der Waals surface area contributed by atoms with Gasteiger partial charge in [-0.05, 0) is 44.0 Å². The lowest BCUT2D eigenvalue weighted by Crippen LogP contribution is -2.36. The maximum Gasteiger partial charge on any atom is 0.0642 e. The topological polar surface area (TPSA) is 33.7 Å². The lowest BCUT2D eigenvalue weighted by molar-refractivity contribution is 0.0232. The van der Waals surface area contributed by atoms with Crippen molar-refractivity contribution >= 4 is 11.4 Å². The van der Waals surface area contributed by atoms with Gasteiger partial charge in [-0.15, -0.1) is 0 Å². The highest BCUT2D eigenvalue weighted by atomic mass is 16.5. The molecule has 2 unspecified atom stereocenters. The number of nitrogens with zero attached hydrogens (tertiary/aromatic N) is 1. The van der Waals surface area contributed by atoms with E-state index in [1.165, 1.54) is 11.4 Å². The Morgan fingerprint density at radius 3 is 2.55 bits per heavy atom. The van der Waals surface area contributed by atoms with Crippen LogP contribution in [0.3, 0.4) is 0 Å². The summed E-state index contributed by atoms with van der Waals surface area (Å²) in [6.07, 6.45) is 2.55. The van der Waals surface area contributed by atoms with E-state index in [4.69, 9.17) is 9.47 Å². The molecule has 0 saturated carbocycles. The van der Waals surface area contributed by atoms with E-state index < -0.39 is 0 Å². The summed E-state index contributed by atoms with van der Waals surface area (Å²) < 4.78 is 11.0. The average molecular weight is 276 g/mol. The predicted molar refractivity (Wildman–Crippen MR) is 81.5 cm³/mol. The number of hydrogen-bond donors (Lipinski definition) is 1. The minimum absolute atomic E-state index is 0.369. The van der Waals surface area contributed by atoms with Gasteiger partial charge in [0, 0.05) is 37.1 Å². The Balaban J connectivity index is 1.58. The monoisotopic (exact) mass is 276 g/mol. The Morgan fingerprint density at radius 1 is 1.10 bits per heavy atom. The van der Waals surface area contributed by atoms with Gasteiger partial charge in [0.2, 0.25) is 0 Å². The van der Waals surface area contributed by atoms with Crippen molar-refractivity contribution in [3.05, 3.63) is 24.3 Å². The number of hydrogen-bond acceptors (Lipinski definition) is 4. The highest BCUT2D eigenvalue weighted by Crippen LogP contribution is 2.22. The van der Waals surface area contributed by atoms with Gasteiger partial charge in [-0.1, -0.05) is 0 Å². The molecule has 4 heteroatoms. The maximum absolute atomic E-state index is 5.59. The molecule has 2 heterocycles. The molecule has 2 saturated heterocycles. The fourth-order valence-electron chi connectivity index (χ4n) is 2.95. The molecular weight excluding hydrogens is 252 g/mol. The molecule has 3 rings (SSSR count). The van der Waals surface area contributed by atoms with Crippen molar-refractivity contribution in [2.75, 3.05) is 43.1 Å². The molecule has 1 N–H and O–H groups in total. The molecule has 20 heavy (non-hydrogen) atoms. The summed E-state index contributed by atoms with van der Waals surface area (Å²) in [6, 6.07) is 9.32. The third kappa shape index (κ3) is 3.44. The van der Waals surface area contributed by atoms with Crippen molar-refractivity contribution in [3.8, 4) is 0 Å². The summed E-state index contributed by atoms with van der Waals surface area (Å²) >= 11 is 0. The summed E-state index contributed by atoms with van der Waals surface area (Å²) in [4.78, 5) is 2.38. The molecule has 4 nitrogen and oxygen atoms in total. The zero-order chi connectivity index (χ0) is 13.8. The molecule has 0 amide bonds. The van der Waals surface area contributed by atoms with Crippen LogP contribution in [0.4, 0.5) is 11.4 Å². The number of benzene rings is 1. The van der Waals surface area contributed by atoms with Gasteiger partial charge in [-0.25, -0.2) is 0 Å². The van der Waals surface area contributed by atoms with E-state index in [2.05, 4.69) is 41.4 Å². The van der Waals surface area contributed by atoms with Crippen molar-refractivity contribution in [1.29, 1.82) is 0 Å². The highest BCUT2D eigenvalue weighted by molar-refractivity contribution is 5.55. The van der Waals surface area contributed by atoms with Crippen LogP contribution in [0.5, 0.6) is 0 Å². The van der Waals surface area contributed by atoms with Gasteiger partial charge in [0.15, 0.2) is 0 Å². The number of morpholine rings is 1. The average Bonchev–Trinajstić information content (AvgIpc) is 2.49. The summed E-state index contributed by atoms with van der Waals surface area (Å²) in [6.45, 7) is 6.66. The fourth-order valence-corrected chi connectivity index (χ4v) is 2.95. The molecule has 2 fully saturated rings. The largest absolute Gasteiger partial charge is 0.382 e. The van der Waals surface area contributed by atoms with Gasteiger partial charge in [-0.3, -0.25) is 0 Å². The first-order chi connectivity index (χ1) is 9.81. The van der Waals surface area contributed by atoms with Crippen LogP contribution in [0, 0.1) is 0 Å². The molecule has 0 radical (unpaired) electrons. The quantitative estimate of drug-likeness (QED) is 0.919. The highest BCUT2D eigenvalue weighted by Gasteiger charge is 2.19. The van der Waals surface area contributed by atoms with Crippen LogP contribution >= 0.6 is 0 Å². The van der Waals surface area contributed by atoms with Crippen LogP contribution in [0.15, 0.2) is 24.3 Å². The van der Waals surface area contributed by atoms with Crippen molar-refractivity contribution in [2.45, 2.75) is 31.9 Å². The van der Waals surface area contributed by atoms with Crippen molar-refractivity contribution < 1.29 is 9.47 Å². The van der Waals surface area contributed by atoms with E-state index in [1.54, 1.807) is 0 Å². The second kappa shape index (κ2) is 6.46. The maximum atomic E-state index is 5.59. The first-order valence-corrected chi connectivity index (χ1v) is 7.62. The number of anilines is 2. The van der Waals surface area contributed by atoms with Gasteiger partial charge in [0.05, 0.1) is 19.3 Å². The molecule has 2 aliphatic rings. The number of rotatable bonds is 3. The van der Waals surface area contributed by atoms with E-state index in [0.29, 0.717) is 12.1 Å². The zero-order valence-corrected chi connectivity index (χ0v) is 12.2. The minimum Gasteiger partial charge on any atom is -0.382 e. The van der Waals surface area contributed by atoms with Gasteiger partial charge < -0.3 is 19.7 Å². The van der Waals surface area contributed by atoms with Crippen molar-refractivity contribution in [3.63, 3.8) is 0 Å². The van der Waals surface area contributed by atoms with Crippen LogP contribution in [0.25, 0.3) is 0 Å². The molecule has 2 atom stereocenters. The molecular formula is C16H24N2O2. The van der Waals surface area contributed by atoms with Crippen molar-refractivity contribution in [2.24, 2.45) is 0 Å². The minimum atomic E-state index is 0.369. The van der Waals surface area contributed by atoms with Gasteiger partial charge in [0.25, 0.3) is 0 Å². The van der Waals surface area contributed by atoms with Gasteiger partial charge in [-0.2, -0.15) is 0 Å². The molecule has 0 aromatic heterocycles.